The number of nitrogens with zero attached hydrogens (tertiary/aromatic N) is 3. The third-order valence-corrected chi connectivity index (χ3v) is 7.39. The molecule has 0 aliphatic heterocycles. The Labute approximate surface area is 163 Å². The van der Waals surface area contributed by atoms with Crippen LogP contribution in [-0.4, -0.2) is 21.9 Å². The standard InChI is InChI=1S/C23H33N3O/c1-4-5-6-10-22-11-14-23(15-12-22,16-13-22)21-25-24-20(26(21)2)18-8-7-9-19(17-18)27-3/h7-9,17H,4-6,10-16H2,1-3H3. The van der Waals surface area contributed by atoms with Gasteiger partial charge in [-0.25, -0.2) is 0 Å². The summed E-state index contributed by atoms with van der Waals surface area (Å²) in [6, 6.07) is 8.13. The fraction of sp³-hybridized carbons (Fsp3) is 0.652. The molecule has 0 amide bonds. The molecular formula is C23H33N3O. The number of benzene rings is 1. The molecule has 3 saturated carbocycles. The maximum atomic E-state index is 5.38. The molecular weight excluding hydrogens is 334 g/mol. The van der Waals surface area contributed by atoms with Gasteiger partial charge in [0.2, 0.25) is 0 Å². The number of fused-ring (bicyclic) bond motifs is 3. The minimum Gasteiger partial charge on any atom is -0.497 e. The van der Waals surface area contributed by atoms with Gasteiger partial charge in [-0.1, -0.05) is 38.3 Å². The third-order valence-electron chi connectivity index (χ3n) is 7.39. The molecule has 4 heteroatoms. The quantitative estimate of drug-likeness (QED) is 0.593. The lowest BCUT2D eigenvalue weighted by molar-refractivity contribution is 0.0250. The van der Waals surface area contributed by atoms with E-state index in [0.717, 1.165) is 17.1 Å². The molecule has 0 spiro atoms. The first-order chi connectivity index (χ1) is 13.1. The molecule has 1 heterocycles. The molecule has 1 aromatic carbocycles. The number of hydrogen-bond donors (Lipinski definition) is 0. The lowest BCUT2D eigenvalue weighted by Crippen LogP contribution is -2.45. The number of unbranched alkanes of at least 4 members (excludes halogenated alkanes) is 2. The zero-order valence-electron chi connectivity index (χ0n) is 17.1. The first-order valence-corrected chi connectivity index (χ1v) is 10.7. The molecule has 3 fully saturated rings. The summed E-state index contributed by atoms with van der Waals surface area (Å²) in [5, 5.41) is 9.29. The van der Waals surface area contributed by atoms with Gasteiger partial charge in [-0.05, 0) is 62.5 Å². The van der Waals surface area contributed by atoms with Gasteiger partial charge in [0.15, 0.2) is 5.82 Å². The molecule has 0 N–H and O–H groups in total. The predicted octanol–water partition coefficient (Wildman–Crippen LogP) is 5.66. The van der Waals surface area contributed by atoms with Crippen LogP contribution in [-0.2, 0) is 12.5 Å². The number of ether oxygens (including phenoxy) is 1. The van der Waals surface area contributed by atoms with Crippen molar-refractivity contribution in [2.75, 3.05) is 7.11 Å². The maximum absolute atomic E-state index is 5.38. The van der Waals surface area contributed by atoms with E-state index < -0.39 is 0 Å². The first-order valence-electron chi connectivity index (χ1n) is 10.7. The first kappa shape index (κ1) is 18.5. The van der Waals surface area contributed by atoms with Gasteiger partial charge in [-0.15, -0.1) is 10.2 Å². The van der Waals surface area contributed by atoms with Crippen molar-refractivity contribution in [1.82, 2.24) is 14.8 Å². The van der Waals surface area contributed by atoms with Gasteiger partial charge in [0.1, 0.15) is 11.6 Å². The summed E-state index contributed by atoms with van der Waals surface area (Å²) in [5.41, 5.74) is 1.95. The van der Waals surface area contributed by atoms with Gasteiger partial charge in [0.25, 0.3) is 0 Å². The second-order valence-corrected chi connectivity index (χ2v) is 8.88. The van der Waals surface area contributed by atoms with Crippen LogP contribution in [0.25, 0.3) is 11.4 Å². The highest BCUT2D eigenvalue weighted by Crippen LogP contribution is 2.59. The van der Waals surface area contributed by atoms with E-state index in [0.29, 0.717) is 5.41 Å². The van der Waals surface area contributed by atoms with Crippen LogP contribution >= 0.6 is 0 Å². The summed E-state index contributed by atoms with van der Waals surface area (Å²) in [7, 11) is 3.84. The van der Waals surface area contributed by atoms with Crippen molar-refractivity contribution in [3.63, 3.8) is 0 Å². The monoisotopic (exact) mass is 367 g/mol. The van der Waals surface area contributed by atoms with Crippen LogP contribution in [0, 0.1) is 5.41 Å². The lowest BCUT2D eigenvalue weighted by Gasteiger charge is -2.53. The van der Waals surface area contributed by atoms with Crippen molar-refractivity contribution in [3.05, 3.63) is 30.1 Å². The highest BCUT2D eigenvalue weighted by molar-refractivity contribution is 5.58. The van der Waals surface area contributed by atoms with Crippen LogP contribution in [0.5, 0.6) is 5.75 Å². The van der Waals surface area contributed by atoms with E-state index in [2.05, 4.69) is 29.7 Å². The van der Waals surface area contributed by atoms with Gasteiger partial charge >= 0.3 is 0 Å². The molecule has 0 radical (unpaired) electrons. The van der Waals surface area contributed by atoms with E-state index in [1.807, 2.05) is 18.2 Å². The molecule has 2 bridgehead atoms. The maximum Gasteiger partial charge on any atom is 0.163 e. The number of aromatic nitrogens is 3. The van der Waals surface area contributed by atoms with Gasteiger partial charge in [-0.3, -0.25) is 0 Å². The second-order valence-electron chi connectivity index (χ2n) is 8.88. The van der Waals surface area contributed by atoms with Crippen molar-refractivity contribution in [2.45, 2.75) is 76.5 Å². The van der Waals surface area contributed by atoms with E-state index >= 15 is 0 Å². The topological polar surface area (TPSA) is 39.9 Å². The molecule has 3 aliphatic carbocycles. The smallest absolute Gasteiger partial charge is 0.163 e. The largest absolute Gasteiger partial charge is 0.497 e. The molecule has 0 saturated heterocycles. The average molecular weight is 368 g/mol. The summed E-state index contributed by atoms with van der Waals surface area (Å²) in [5.74, 6) is 3.01. The summed E-state index contributed by atoms with van der Waals surface area (Å²) in [6.07, 6.45) is 13.5. The third kappa shape index (κ3) is 3.28. The molecule has 4 nitrogen and oxygen atoms in total. The molecule has 3 aliphatic rings. The molecule has 27 heavy (non-hydrogen) atoms. The lowest BCUT2D eigenvalue weighted by atomic mass is 9.52. The number of hydrogen-bond acceptors (Lipinski definition) is 3. The Bertz CT molecular complexity index is 770. The SMILES string of the molecule is CCCCCC12CCC(c3nnc(-c4cccc(OC)c4)n3C)(CC1)CC2. The Morgan fingerprint density at radius 3 is 2.44 bits per heavy atom. The summed E-state index contributed by atoms with van der Waals surface area (Å²) in [6.45, 7) is 2.30. The second kappa shape index (κ2) is 7.29. The van der Waals surface area contributed by atoms with Crippen LogP contribution in [0.1, 0.15) is 77.0 Å². The van der Waals surface area contributed by atoms with E-state index in [1.165, 1.54) is 70.0 Å². The summed E-state index contributed by atoms with van der Waals surface area (Å²) >= 11 is 0. The predicted molar refractivity (Wildman–Crippen MR) is 109 cm³/mol. The number of rotatable bonds is 7. The highest BCUT2D eigenvalue weighted by Gasteiger charge is 2.51. The zero-order chi connectivity index (χ0) is 18.9. The highest BCUT2D eigenvalue weighted by atomic mass is 16.5. The van der Waals surface area contributed by atoms with E-state index in [4.69, 9.17) is 9.84 Å². The molecule has 2 aromatic rings. The van der Waals surface area contributed by atoms with Gasteiger partial charge in [-0.2, -0.15) is 0 Å². The minimum absolute atomic E-state index is 0.241. The van der Waals surface area contributed by atoms with Gasteiger partial charge in [0.05, 0.1) is 7.11 Å². The van der Waals surface area contributed by atoms with Crippen molar-refractivity contribution < 1.29 is 4.74 Å². The van der Waals surface area contributed by atoms with Gasteiger partial charge < -0.3 is 9.30 Å². The number of methoxy groups -OCH3 is 1. The Balaban J connectivity index is 1.55. The fourth-order valence-electron chi connectivity index (χ4n) is 5.53. The van der Waals surface area contributed by atoms with Crippen molar-refractivity contribution >= 4 is 0 Å². The molecule has 0 unspecified atom stereocenters. The van der Waals surface area contributed by atoms with Gasteiger partial charge in [0, 0.05) is 18.0 Å². The molecule has 5 rings (SSSR count). The molecule has 0 atom stereocenters. The zero-order valence-corrected chi connectivity index (χ0v) is 17.1. The van der Waals surface area contributed by atoms with Crippen LogP contribution < -0.4 is 4.74 Å². The Kier molecular flexibility index (Phi) is 5.00. The normalized spacial score (nSPS) is 27.1. The minimum atomic E-state index is 0.241. The fourth-order valence-corrected chi connectivity index (χ4v) is 5.53. The van der Waals surface area contributed by atoms with E-state index in [9.17, 15) is 0 Å². The average Bonchev–Trinajstić information content (AvgIpc) is 3.12. The van der Waals surface area contributed by atoms with Crippen LogP contribution in [0.15, 0.2) is 24.3 Å². The van der Waals surface area contributed by atoms with Crippen molar-refractivity contribution in [2.24, 2.45) is 12.5 Å². The van der Waals surface area contributed by atoms with Crippen LogP contribution in [0.4, 0.5) is 0 Å². The summed E-state index contributed by atoms with van der Waals surface area (Å²) in [4.78, 5) is 0. The van der Waals surface area contributed by atoms with Crippen LogP contribution in [0.3, 0.4) is 0 Å². The molecule has 1 aromatic heterocycles. The van der Waals surface area contributed by atoms with Crippen molar-refractivity contribution in [3.8, 4) is 17.1 Å². The Morgan fingerprint density at radius 2 is 1.78 bits per heavy atom. The Hall–Kier alpha value is -1.84. The van der Waals surface area contributed by atoms with E-state index in [1.54, 1.807) is 7.11 Å². The van der Waals surface area contributed by atoms with E-state index in [-0.39, 0.29) is 5.41 Å². The Morgan fingerprint density at radius 1 is 1.04 bits per heavy atom. The van der Waals surface area contributed by atoms with Crippen LogP contribution in [0.2, 0.25) is 0 Å². The molecule has 146 valence electrons. The summed E-state index contributed by atoms with van der Waals surface area (Å²) < 4.78 is 7.62. The van der Waals surface area contributed by atoms with Crippen molar-refractivity contribution in [1.29, 1.82) is 0 Å².